The molecule has 0 saturated carbocycles. The number of hydrogen-bond donors (Lipinski definition) is 2. The average molecular weight is 624 g/mol. The molecule has 44 heavy (non-hydrogen) atoms. The summed E-state index contributed by atoms with van der Waals surface area (Å²) in [6.07, 6.45) is -5.46. The number of carbonyl (C=O) groups excluding carboxylic acids is 1. The fourth-order valence-corrected chi connectivity index (χ4v) is 4.94. The maximum absolute atomic E-state index is 13.4. The lowest BCUT2D eigenvalue weighted by Crippen LogP contribution is -2.39. The van der Waals surface area contributed by atoms with E-state index in [0.29, 0.717) is 19.0 Å². The van der Waals surface area contributed by atoms with Gasteiger partial charge < -0.3 is 20.2 Å². The number of carbonyl (C=O) groups is 2. The molecule has 3 aromatic rings. The van der Waals surface area contributed by atoms with Crippen molar-refractivity contribution in [2.75, 3.05) is 31.5 Å². The van der Waals surface area contributed by atoms with Crippen molar-refractivity contribution in [2.45, 2.75) is 44.6 Å². The SMILES string of the molecule is O=C(Nc1ccccc1C(F)(F)F)N(CCCN1CCC(Cc2ccccc2)CC1)Cc1ccccc1.O=C(O)C(F)(F)F. The van der Waals surface area contributed by atoms with Crippen molar-refractivity contribution in [3.05, 3.63) is 102 Å². The first-order chi connectivity index (χ1) is 20.8. The van der Waals surface area contributed by atoms with Gasteiger partial charge in [0.1, 0.15) is 0 Å². The highest BCUT2D eigenvalue weighted by Gasteiger charge is 2.38. The number of amides is 2. The van der Waals surface area contributed by atoms with Gasteiger partial charge in [-0.2, -0.15) is 26.3 Å². The molecule has 0 radical (unpaired) electrons. The zero-order chi connectivity index (χ0) is 32.2. The van der Waals surface area contributed by atoms with Gasteiger partial charge in [-0.1, -0.05) is 72.8 Å². The molecular weight excluding hydrogens is 588 g/mol. The molecule has 0 spiro atoms. The number of carboxylic acids is 1. The molecule has 6 nitrogen and oxygen atoms in total. The molecular formula is C32H35F6N3O3. The molecule has 0 atom stereocenters. The largest absolute Gasteiger partial charge is 0.490 e. The number of hydrogen-bond acceptors (Lipinski definition) is 3. The molecule has 0 bridgehead atoms. The molecule has 238 valence electrons. The summed E-state index contributed by atoms with van der Waals surface area (Å²) >= 11 is 0. The lowest BCUT2D eigenvalue weighted by Gasteiger charge is -2.32. The first-order valence-electron chi connectivity index (χ1n) is 14.2. The van der Waals surface area contributed by atoms with Gasteiger partial charge in [-0.15, -0.1) is 0 Å². The number of piperidine rings is 1. The predicted octanol–water partition coefficient (Wildman–Crippen LogP) is 7.72. The van der Waals surface area contributed by atoms with Crippen LogP contribution in [0.3, 0.4) is 0 Å². The van der Waals surface area contributed by atoms with E-state index in [9.17, 15) is 31.1 Å². The van der Waals surface area contributed by atoms with Gasteiger partial charge >= 0.3 is 24.4 Å². The van der Waals surface area contributed by atoms with Gasteiger partial charge in [0.2, 0.25) is 0 Å². The summed E-state index contributed by atoms with van der Waals surface area (Å²) in [6, 6.07) is 24.7. The van der Waals surface area contributed by atoms with Crippen LogP contribution in [0.2, 0.25) is 0 Å². The predicted molar refractivity (Wildman–Crippen MR) is 155 cm³/mol. The molecule has 1 saturated heterocycles. The minimum Gasteiger partial charge on any atom is -0.475 e. The first kappa shape index (κ1) is 34.4. The summed E-state index contributed by atoms with van der Waals surface area (Å²) in [7, 11) is 0. The number of urea groups is 1. The molecule has 3 aromatic carbocycles. The smallest absolute Gasteiger partial charge is 0.475 e. The van der Waals surface area contributed by atoms with Gasteiger partial charge in [-0.05, 0) is 74.5 Å². The Kier molecular flexibility index (Phi) is 12.6. The second-order valence-electron chi connectivity index (χ2n) is 10.5. The van der Waals surface area contributed by atoms with Gasteiger partial charge in [0.05, 0.1) is 11.3 Å². The van der Waals surface area contributed by atoms with E-state index in [1.54, 1.807) is 4.90 Å². The fourth-order valence-electron chi connectivity index (χ4n) is 4.94. The summed E-state index contributed by atoms with van der Waals surface area (Å²) in [6.45, 7) is 3.71. The second-order valence-corrected chi connectivity index (χ2v) is 10.5. The van der Waals surface area contributed by atoms with E-state index in [4.69, 9.17) is 9.90 Å². The lowest BCUT2D eigenvalue weighted by atomic mass is 9.90. The molecule has 0 unspecified atom stereocenters. The quantitative estimate of drug-likeness (QED) is 0.240. The Balaban J connectivity index is 0.000000676. The molecule has 1 heterocycles. The van der Waals surface area contributed by atoms with Crippen molar-refractivity contribution in [2.24, 2.45) is 5.92 Å². The van der Waals surface area contributed by atoms with E-state index in [0.717, 1.165) is 56.9 Å². The Labute approximate surface area is 252 Å². The van der Waals surface area contributed by atoms with Crippen LogP contribution >= 0.6 is 0 Å². The number of nitrogens with zero attached hydrogens (tertiary/aromatic N) is 2. The normalized spacial score (nSPS) is 14.3. The molecule has 2 amide bonds. The summed E-state index contributed by atoms with van der Waals surface area (Å²) < 4.78 is 72.0. The number of benzene rings is 3. The number of nitrogens with one attached hydrogen (secondary N) is 1. The number of carboxylic acid groups (broad SMARTS) is 1. The number of likely N-dealkylation sites (tertiary alicyclic amines) is 1. The van der Waals surface area contributed by atoms with E-state index in [1.165, 1.54) is 23.8 Å². The molecule has 1 fully saturated rings. The molecule has 0 aliphatic carbocycles. The van der Waals surface area contributed by atoms with Crippen LogP contribution in [0.5, 0.6) is 0 Å². The summed E-state index contributed by atoms with van der Waals surface area (Å²) in [5, 5.41) is 9.63. The second kappa shape index (κ2) is 16.1. The third-order valence-electron chi connectivity index (χ3n) is 7.20. The minimum atomic E-state index is -5.08. The Morgan fingerprint density at radius 1 is 0.818 bits per heavy atom. The zero-order valence-corrected chi connectivity index (χ0v) is 24.0. The van der Waals surface area contributed by atoms with E-state index < -0.39 is 29.9 Å². The van der Waals surface area contributed by atoms with Crippen LogP contribution in [-0.2, 0) is 23.9 Å². The molecule has 12 heteroatoms. The molecule has 0 aromatic heterocycles. The van der Waals surface area contributed by atoms with Crippen LogP contribution in [-0.4, -0.2) is 59.3 Å². The van der Waals surface area contributed by atoms with Gasteiger partial charge in [0.15, 0.2) is 0 Å². The third-order valence-corrected chi connectivity index (χ3v) is 7.20. The van der Waals surface area contributed by atoms with Gasteiger partial charge in [0, 0.05) is 13.1 Å². The van der Waals surface area contributed by atoms with Crippen LogP contribution in [0.1, 0.15) is 36.0 Å². The van der Waals surface area contributed by atoms with E-state index in [2.05, 4.69) is 34.5 Å². The van der Waals surface area contributed by atoms with Crippen LogP contribution in [0.15, 0.2) is 84.9 Å². The number of halogens is 6. The van der Waals surface area contributed by atoms with E-state index in [1.807, 2.05) is 36.4 Å². The third kappa shape index (κ3) is 11.6. The maximum atomic E-state index is 13.4. The fraction of sp³-hybridized carbons (Fsp3) is 0.375. The summed E-state index contributed by atoms with van der Waals surface area (Å²) in [5.41, 5.74) is 1.25. The monoisotopic (exact) mass is 623 g/mol. The van der Waals surface area contributed by atoms with Crippen LogP contribution in [0.25, 0.3) is 0 Å². The van der Waals surface area contributed by atoms with Gasteiger partial charge in [-0.3, -0.25) is 0 Å². The topological polar surface area (TPSA) is 72.9 Å². The highest BCUT2D eigenvalue weighted by molar-refractivity contribution is 5.90. The zero-order valence-electron chi connectivity index (χ0n) is 24.0. The van der Waals surface area contributed by atoms with Crippen LogP contribution in [0.4, 0.5) is 36.8 Å². The lowest BCUT2D eigenvalue weighted by molar-refractivity contribution is -0.192. The molecule has 2 N–H and O–H groups in total. The van der Waals surface area contributed by atoms with E-state index >= 15 is 0 Å². The van der Waals surface area contributed by atoms with Crippen molar-refractivity contribution in [3.8, 4) is 0 Å². The Morgan fingerprint density at radius 3 is 1.89 bits per heavy atom. The highest BCUT2D eigenvalue weighted by atomic mass is 19.4. The van der Waals surface area contributed by atoms with Gasteiger partial charge in [0.25, 0.3) is 0 Å². The number of alkyl halides is 6. The average Bonchev–Trinajstić information content (AvgIpc) is 2.98. The highest BCUT2D eigenvalue weighted by Crippen LogP contribution is 2.34. The van der Waals surface area contributed by atoms with Crippen molar-refractivity contribution in [3.63, 3.8) is 0 Å². The molecule has 1 aliphatic rings. The van der Waals surface area contributed by atoms with Crippen LogP contribution in [0, 0.1) is 5.92 Å². The van der Waals surface area contributed by atoms with Crippen molar-refractivity contribution < 1.29 is 41.0 Å². The Bertz CT molecular complexity index is 1310. The van der Waals surface area contributed by atoms with Crippen molar-refractivity contribution in [1.29, 1.82) is 0 Å². The van der Waals surface area contributed by atoms with Crippen molar-refractivity contribution >= 4 is 17.7 Å². The number of rotatable bonds is 9. The summed E-state index contributed by atoms with van der Waals surface area (Å²) in [4.78, 5) is 26.1. The number of aliphatic carboxylic acids is 1. The van der Waals surface area contributed by atoms with Crippen LogP contribution < -0.4 is 5.32 Å². The van der Waals surface area contributed by atoms with Crippen molar-refractivity contribution in [1.82, 2.24) is 9.80 Å². The molecule has 1 aliphatic heterocycles. The van der Waals surface area contributed by atoms with E-state index in [-0.39, 0.29) is 5.69 Å². The molecule has 4 rings (SSSR count). The minimum absolute atomic E-state index is 0.224. The van der Waals surface area contributed by atoms with Gasteiger partial charge in [-0.25, -0.2) is 9.59 Å². The first-order valence-corrected chi connectivity index (χ1v) is 14.2. The Hall–Kier alpha value is -4.06. The maximum Gasteiger partial charge on any atom is 0.490 e. The standard InChI is InChI=1S/C30H34F3N3O.C2HF3O2/c31-30(32,33)27-14-7-8-15-28(27)34-29(37)36(23-26-12-5-2-6-13-26)19-9-18-35-20-16-25(17-21-35)22-24-10-3-1-4-11-24;3-2(4,5)1(6)7/h1-8,10-15,25H,9,16-23H2,(H,34,37);(H,6,7). The number of anilines is 1. The Morgan fingerprint density at radius 2 is 1.34 bits per heavy atom. The summed E-state index contributed by atoms with van der Waals surface area (Å²) in [5.74, 6) is -2.07. The number of para-hydroxylation sites is 1.